The summed E-state index contributed by atoms with van der Waals surface area (Å²) < 4.78 is 10.4. The summed E-state index contributed by atoms with van der Waals surface area (Å²) in [5.41, 5.74) is 1.19. The number of nitrogens with one attached hydrogen (secondary N) is 1. The Balaban J connectivity index is 1.78. The molecular weight excluding hydrogens is 238 g/mol. The average molecular weight is 259 g/mol. The molecule has 0 saturated carbocycles. The van der Waals surface area contributed by atoms with Gasteiger partial charge in [0.25, 0.3) is 0 Å². The van der Waals surface area contributed by atoms with E-state index in [9.17, 15) is 0 Å². The molecule has 0 aliphatic heterocycles. The lowest BCUT2D eigenvalue weighted by Gasteiger charge is -2.10. The topological polar surface area (TPSA) is 30.5 Å². The molecule has 3 heteroatoms. The van der Waals surface area contributed by atoms with E-state index >= 15 is 0 Å². The van der Waals surface area contributed by atoms with Gasteiger partial charge in [-0.05, 0) is 17.9 Å². The fourth-order valence-corrected chi connectivity index (χ4v) is 2.02. The molecule has 0 bridgehead atoms. The maximum absolute atomic E-state index is 5.43. The third-order valence-corrected chi connectivity index (χ3v) is 3.00. The number of rotatable bonds is 8. The van der Waals surface area contributed by atoms with Crippen LogP contribution in [0.5, 0.6) is 0 Å². The van der Waals surface area contributed by atoms with Crippen LogP contribution in [0.15, 0.2) is 42.5 Å². The highest BCUT2D eigenvalue weighted by Crippen LogP contribution is 2.22. The summed E-state index contributed by atoms with van der Waals surface area (Å²) in [7, 11) is 1.69. The van der Waals surface area contributed by atoms with Crippen molar-refractivity contribution in [1.29, 1.82) is 0 Å². The van der Waals surface area contributed by atoms with E-state index in [0.717, 1.165) is 19.6 Å². The van der Waals surface area contributed by atoms with Gasteiger partial charge in [-0.3, -0.25) is 0 Å². The Hall–Kier alpha value is -1.58. The standard InChI is InChI=1S/C16H21NO2/c1-18-12-13-19-11-5-10-17-16-9-4-7-14-6-2-3-8-15(14)16/h2-4,6-9,17H,5,10-13H2,1H3. The molecule has 2 aromatic carbocycles. The second kappa shape index (κ2) is 7.77. The monoisotopic (exact) mass is 259 g/mol. The fourth-order valence-electron chi connectivity index (χ4n) is 2.02. The van der Waals surface area contributed by atoms with Gasteiger partial charge in [0.1, 0.15) is 0 Å². The largest absolute Gasteiger partial charge is 0.384 e. The van der Waals surface area contributed by atoms with Crippen molar-refractivity contribution in [3.63, 3.8) is 0 Å². The van der Waals surface area contributed by atoms with E-state index in [1.807, 2.05) is 0 Å². The molecule has 2 rings (SSSR count). The molecule has 0 amide bonds. The number of hydrogen-bond acceptors (Lipinski definition) is 3. The summed E-state index contributed by atoms with van der Waals surface area (Å²) in [6.07, 6.45) is 0.993. The molecule has 19 heavy (non-hydrogen) atoms. The van der Waals surface area contributed by atoms with Crippen molar-refractivity contribution in [3.8, 4) is 0 Å². The molecule has 102 valence electrons. The van der Waals surface area contributed by atoms with Gasteiger partial charge in [-0.25, -0.2) is 0 Å². The Bertz CT molecular complexity index is 494. The van der Waals surface area contributed by atoms with Crippen molar-refractivity contribution in [2.24, 2.45) is 0 Å². The minimum absolute atomic E-state index is 0.663. The Morgan fingerprint density at radius 3 is 2.68 bits per heavy atom. The Kier molecular flexibility index (Phi) is 5.66. The van der Waals surface area contributed by atoms with Gasteiger partial charge in [-0.1, -0.05) is 36.4 Å². The molecule has 0 aromatic heterocycles. The van der Waals surface area contributed by atoms with E-state index in [2.05, 4.69) is 47.8 Å². The molecule has 0 heterocycles. The molecular formula is C16H21NO2. The van der Waals surface area contributed by atoms with Crippen LogP contribution in [0.3, 0.4) is 0 Å². The molecule has 0 unspecified atom stereocenters. The van der Waals surface area contributed by atoms with Gasteiger partial charge in [0.2, 0.25) is 0 Å². The zero-order valence-corrected chi connectivity index (χ0v) is 11.4. The number of benzene rings is 2. The van der Waals surface area contributed by atoms with Crippen molar-refractivity contribution in [2.75, 3.05) is 38.8 Å². The van der Waals surface area contributed by atoms with Crippen LogP contribution in [0.2, 0.25) is 0 Å². The summed E-state index contributed by atoms with van der Waals surface area (Å²) in [5.74, 6) is 0. The first-order valence-corrected chi connectivity index (χ1v) is 6.70. The molecule has 0 saturated heterocycles. The van der Waals surface area contributed by atoms with Crippen molar-refractivity contribution < 1.29 is 9.47 Å². The van der Waals surface area contributed by atoms with Crippen LogP contribution in [-0.4, -0.2) is 33.5 Å². The third kappa shape index (κ3) is 4.23. The van der Waals surface area contributed by atoms with Crippen molar-refractivity contribution in [1.82, 2.24) is 0 Å². The summed E-state index contributed by atoms with van der Waals surface area (Å²) in [6.45, 7) is 3.02. The maximum Gasteiger partial charge on any atom is 0.0700 e. The lowest BCUT2D eigenvalue weighted by atomic mass is 10.1. The molecule has 0 spiro atoms. The molecule has 0 radical (unpaired) electrons. The summed E-state index contributed by atoms with van der Waals surface area (Å²) in [6, 6.07) is 14.8. The van der Waals surface area contributed by atoms with Crippen LogP contribution >= 0.6 is 0 Å². The minimum Gasteiger partial charge on any atom is -0.384 e. The normalized spacial score (nSPS) is 10.8. The molecule has 0 aliphatic rings. The highest BCUT2D eigenvalue weighted by Gasteiger charge is 1.98. The Morgan fingerprint density at radius 2 is 1.79 bits per heavy atom. The maximum atomic E-state index is 5.43. The first-order chi connectivity index (χ1) is 9.42. The lowest BCUT2D eigenvalue weighted by molar-refractivity contribution is 0.0705. The highest BCUT2D eigenvalue weighted by molar-refractivity contribution is 5.93. The number of methoxy groups -OCH3 is 1. The fraction of sp³-hybridized carbons (Fsp3) is 0.375. The summed E-state index contributed by atoms with van der Waals surface area (Å²) >= 11 is 0. The van der Waals surface area contributed by atoms with E-state index in [0.29, 0.717) is 13.2 Å². The number of hydrogen-bond donors (Lipinski definition) is 1. The smallest absolute Gasteiger partial charge is 0.0700 e. The Labute approximate surface area is 114 Å². The molecule has 0 aliphatic carbocycles. The van der Waals surface area contributed by atoms with Gasteiger partial charge in [-0.15, -0.1) is 0 Å². The van der Waals surface area contributed by atoms with Crippen LogP contribution in [0.1, 0.15) is 6.42 Å². The molecule has 0 fully saturated rings. The zero-order chi connectivity index (χ0) is 13.3. The zero-order valence-electron chi connectivity index (χ0n) is 11.4. The van der Waals surface area contributed by atoms with Crippen LogP contribution in [0, 0.1) is 0 Å². The van der Waals surface area contributed by atoms with Gasteiger partial charge in [0.05, 0.1) is 13.2 Å². The van der Waals surface area contributed by atoms with E-state index in [-0.39, 0.29) is 0 Å². The average Bonchev–Trinajstić information content (AvgIpc) is 2.46. The number of anilines is 1. The van der Waals surface area contributed by atoms with E-state index in [4.69, 9.17) is 9.47 Å². The van der Waals surface area contributed by atoms with Crippen LogP contribution in [-0.2, 0) is 9.47 Å². The molecule has 1 N–H and O–H groups in total. The second-order valence-corrected chi connectivity index (χ2v) is 4.41. The van der Waals surface area contributed by atoms with Crippen molar-refractivity contribution in [3.05, 3.63) is 42.5 Å². The number of fused-ring (bicyclic) bond motifs is 1. The van der Waals surface area contributed by atoms with Crippen molar-refractivity contribution >= 4 is 16.5 Å². The van der Waals surface area contributed by atoms with Crippen LogP contribution in [0.25, 0.3) is 10.8 Å². The third-order valence-electron chi connectivity index (χ3n) is 3.00. The Morgan fingerprint density at radius 1 is 0.947 bits per heavy atom. The van der Waals surface area contributed by atoms with E-state index < -0.39 is 0 Å². The van der Waals surface area contributed by atoms with E-state index in [1.165, 1.54) is 16.5 Å². The van der Waals surface area contributed by atoms with Crippen LogP contribution < -0.4 is 5.32 Å². The van der Waals surface area contributed by atoms with Gasteiger partial charge >= 0.3 is 0 Å². The second-order valence-electron chi connectivity index (χ2n) is 4.41. The van der Waals surface area contributed by atoms with E-state index in [1.54, 1.807) is 7.11 Å². The first-order valence-electron chi connectivity index (χ1n) is 6.70. The number of ether oxygens (including phenoxy) is 2. The van der Waals surface area contributed by atoms with Gasteiger partial charge in [0.15, 0.2) is 0 Å². The first kappa shape index (κ1) is 13.8. The van der Waals surface area contributed by atoms with Crippen LogP contribution in [0.4, 0.5) is 5.69 Å². The lowest BCUT2D eigenvalue weighted by Crippen LogP contribution is -2.08. The predicted octanol–water partition coefficient (Wildman–Crippen LogP) is 3.30. The quantitative estimate of drug-likeness (QED) is 0.738. The molecule has 0 atom stereocenters. The van der Waals surface area contributed by atoms with Gasteiger partial charge < -0.3 is 14.8 Å². The molecule has 2 aromatic rings. The van der Waals surface area contributed by atoms with Gasteiger partial charge in [-0.2, -0.15) is 0 Å². The van der Waals surface area contributed by atoms with Gasteiger partial charge in [0, 0.05) is 31.3 Å². The van der Waals surface area contributed by atoms with Crippen molar-refractivity contribution in [2.45, 2.75) is 6.42 Å². The molecule has 3 nitrogen and oxygen atoms in total. The summed E-state index contributed by atoms with van der Waals surface area (Å²) in [5, 5.41) is 6.00. The minimum atomic E-state index is 0.663. The predicted molar refractivity (Wildman–Crippen MR) is 79.7 cm³/mol. The summed E-state index contributed by atoms with van der Waals surface area (Å²) in [4.78, 5) is 0. The highest BCUT2D eigenvalue weighted by atomic mass is 16.5. The SMILES string of the molecule is COCCOCCCNc1cccc2ccccc12.